The summed E-state index contributed by atoms with van der Waals surface area (Å²) in [4.78, 5) is 24.5. The van der Waals surface area contributed by atoms with Crippen LogP contribution >= 0.6 is 0 Å². The number of nitrogens with two attached hydrogens (primary N) is 1. The van der Waals surface area contributed by atoms with Gasteiger partial charge in [0.05, 0.1) is 12.5 Å². The second-order valence-corrected chi connectivity index (χ2v) is 4.71. The predicted octanol–water partition coefficient (Wildman–Crippen LogP) is -0.511. The van der Waals surface area contributed by atoms with Crippen molar-refractivity contribution in [1.29, 1.82) is 0 Å². The number of rotatable bonds is 5. The van der Waals surface area contributed by atoms with Gasteiger partial charge in [0.1, 0.15) is 0 Å². The zero-order valence-corrected chi connectivity index (χ0v) is 11.7. The van der Waals surface area contributed by atoms with Crippen LogP contribution in [0.2, 0.25) is 0 Å². The molecule has 7 heteroatoms. The van der Waals surface area contributed by atoms with Crippen molar-refractivity contribution < 1.29 is 9.53 Å². The standard InChI is InChI=1S/C13H21N5O2/c1-20-11(10-14)9-12(19)17-5-7-18(8-6-17)13-15-3-2-4-16-13/h2-4,11H,5-10,14H2,1H3. The summed E-state index contributed by atoms with van der Waals surface area (Å²) in [7, 11) is 1.58. The molecule has 1 aliphatic rings. The molecule has 1 fully saturated rings. The van der Waals surface area contributed by atoms with Crippen LogP contribution < -0.4 is 10.6 Å². The molecule has 1 aromatic heterocycles. The number of methoxy groups -OCH3 is 1. The van der Waals surface area contributed by atoms with E-state index in [2.05, 4.69) is 14.9 Å². The second-order valence-electron chi connectivity index (χ2n) is 4.71. The molecule has 1 atom stereocenters. The molecule has 2 N–H and O–H groups in total. The van der Waals surface area contributed by atoms with Crippen molar-refractivity contribution in [1.82, 2.24) is 14.9 Å². The van der Waals surface area contributed by atoms with Gasteiger partial charge in [0.15, 0.2) is 0 Å². The smallest absolute Gasteiger partial charge is 0.225 e. The van der Waals surface area contributed by atoms with E-state index < -0.39 is 0 Å². The van der Waals surface area contributed by atoms with Gasteiger partial charge in [-0.2, -0.15) is 0 Å². The highest BCUT2D eigenvalue weighted by Gasteiger charge is 2.24. The van der Waals surface area contributed by atoms with Gasteiger partial charge in [0.2, 0.25) is 11.9 Å². The molecule has 0 aliphatic carbocycles. The van der Waals surface area contributed by atoms with E-state index in [1.54, 1.807) is 25.6 Å². The third-order valence-corrected chi connectivity index (χ3v) is 3.47. The van der Waals surface area contributed by atoms with Gasteiger partial charge < -0.3 is 20.3 Å². The van der Waals surface area contributed by atoms with Crippen LogP contribution in [0, 0.1) is 0 Å². The summed E-state index contributed by atoms with van der Waals surface area (Å²) >= 11 is 0. The van der Waals surface area contributed by atoms with Crippen LogP contribution in [0.3, 0.4) is 0 Å². The van der Waals surface area contributed by atoms with Crippen molar-refractivity contribution in [2.24, 2.45) is 5.73 Å². The van der Waals surface area contributed by atoms with Crippen LogP contribution in [-0.2, 0) is 9.53 Å². The molecule has 1 unspecified atom stereocenters. The number of amides is 1. The van der Waals surface area contributed by atoms with E-state index in [4.69, 9.17) is 10.5 Å². The Morgan fingerprint density at radius 2 is 2.00 bits per heavy atom. The molecular weight excluding hydrogens is 258 g/mol. The van der Waals surface area contributed by atoms with E-state index in [1.807, 2.05) is 4.90 Å². The van der Waals surface area contributed by atoms with Crippen molar-refractivity contribution in [2.75, 3.05) is 44.7 Å². The van der Waals surface area contributed by atoms with Crippen molar-refractivity contribution in [3.63, 3.8) is 0 Å². The van der Waals surface area contributed by atoms with Crippen molar-refractivity contribution in [3.8, 4) is 0 Å². The van der Waals surface area contributed by atoms with Gasteiger partial charge in [-0.05, 0) is 6.07 Å². The summed E-state index contributed by atoms with van der Waals surface area (Å²) in [5.74, 6) is 0.812. The summed E-state index contributed by atoms with van der Waals surface area (Å²) in [5.41, 5.74) is 5.54. The molecule has 0 radical (unpaired) electrons. The summed E-state index contributed by atoms with van der Waals surface area (Å²) in [6.45, 7) is 3.21. The van der Waals surface area contributed by atoms with Crippen LogP contribution in [0.25, 0.3) is 0 Å². The minimum Gasteiger partial charge on any atom is -0.380 e. The Bertz CT molecular complexity index is 416. The second kappa shape index (κ2) is 7.16. The molecular formula is C13H21N5O2. The molecule has 1 aromatic rings. The molecule has 0 bridgehead atoms. The van der Waals surface area contributed by atoms with Gasteiger partial charge >= 0.3 is 0 Å². The third-order valence-electron chi connectivity index (χ3n) is 3.47. The minimum atomic E-state index is -0.196. The number of aromatic nitrogens is 2. The molecule has 1 saturated heterocycles. The van der Waals surface area contributed by atoms with Crippen molar-refractivity contribution >= 4 is 11.9 Å². The van der Waals surface area contributed by atoms with E-state index in [9.17, 15) is 4.79 Å². The first-order valence-corrected chi connectivity index (χ1v) is 6.77. The average Bonchev–Trinajstić information content (AvgIpc) is 2.53. The van der Waals surface area contributed by atoms with Crippen LogP contribution in [0.4, 0.5) is 5.95 Å². The van der Waals surface area contributed by atoms with E-state index in [0.717, 1.165) is 19.0 Å². The SMILES string of the molecule is COC(CN)CC(=O)N1CCN(c2ncccn2)CC1. The quantitative estimate of drug-likeness (QED) is 0.781. The highest BCUT2D eigenvalue weighted by atomic mass is 16.5. The van der Waals surface area contributed by atoms with E-state index in [1.165, 1.54) is 0 Å². The van der Waals surface area contributed by atoms with Crippen molar-refractivity contribution in [3.05, 3.63) is 18.5 Å². The Balaban J connectivity index is 1.83. The number of hydrogen-bond acceptors (Lipinski definition) is 6. The molecule has 7 nitrogen and oxygen atoms in total. The van der Waals surface area contributed by atoms with Gasteiger partial charge in [-0.3, -0.25) is 4.79 Å². The molecule has 2 heterocycles. The fraction of sp³-hybridized carbons (Fsp3) is 0.615. The minimum absolute atomic E-state index is 0.0935. The third kappa shape index (κ3) is 3.64. The largest absolute Gasteiger partial charge is 0.380 e. The number of anilines is 1. The zero-order valence-electron chi connectivity index (χ0n) is 11.7. The first-order valence-electron chi connectivity index (χ1n) is 6.77. The number of ether oxygens (including phenoxy) is 1. The fourth-order valence-electron chi connectivity index (χ4n) is 2.20. The first kappa shape index (κ1) is 14.7. The molecule has 1 aliphatic heterocycles. The summed E-state index contributed by atoms with van der Waals surface area (Å²) in [5, 5.41) is 0. The van der Waals surface area contributed by atoms with Crippen LogP contribution in [0.15, 0.2) is 18.5 Å². The average molecular weight is 279 g/mol. The van der Waals surface area contributed by atoms with E-state index in [0.29, 0.717) is 26.1 Å². The lowest BCUT2D eigenvalue weighted by Crippen LogP contribution is -2.50. The van der Waals surface area contributed by atoms with Crippen molar-refractivity contribution in [2.45, 2.75) is 12.5 Å². The molecule has 2 rings (SSSR count). The molecule has 20 heavy (non-hydrogen) atoms. The predicted molar refractivity (Wildman–Crippen MR) is 75.3 cm³/mol. The zero-order chi connectivity index (χ0) is 14.4. The van der Waals surface area contributed by atoms with Gasteiger partial charge in [0, 0.05) is 52.2 Å². The lowest BCUT2D eigenvalue weighted by atomic mass is 10.2. The number of carbonyl (C=O) groups excluding carboxylic acids is 1. The van der Waals surface area contributed by atoms with Gasteiger partial charge in [-0.1, -0.05) is 0 Å². The van der Waals surface area contributed by atoms with Gasteiger partial charge in [0.25, 0.3) is 0 Å². The summed E-state index contributed by atoms with van der Waals surface area (Å²) in [6.07, 6.45) is 3.60. The highest BCUT2D eigenvalue weighted by molar-refractivity contribution is 5.77. The first-order chi connectivity index (χ1) is 9.74. The molecule has 0 aromatic carbocycles. The summed E-state index contributed by atoms with van der Waals surface area (Å²) in [6, 6.07) is 1.79. The van der Waals surface area contributed by atoms with Crippen LogP contribution in [0.1, 0.15) is 6.42 Å². The van der Waals surface area contributed by atoms with Crippen LogP contribution in [0.5, 0.6) is 0 Å². The number of hydrogen-bond donors (Lipinski definition) is 1. The van der Waals surface area contributed by atoms with Gasteiger partial charge in [-0.15, -0.1) is 0 Å². The highest BCUT2D eigenvalue weighted by Crippen LogP contribution is 2.11. The van der Waals surface area contributed by atoms with Crippen LogP contribution in [-0.4, -0.2) is 66.7 Å². The Hall–Kier alpha value is -1.73. The Kier molecular flexibility index (Phi) is 5.25. The fourth-order valence-corrected chi connectivity index (χ4v) is 2.20. The Labute approximate surface area is 118 Å². The molecule has 0 saturated carbocycles. The molecule has 110 valence electrons. The lowest BCUT2D eigenvalue weighted by Gasteiger charge is -2.35. The normalized spacial score (nSPS) is 17.1. The van der Waals surface area contributed by atoms with E-state index >= 15 is 0 Å². The Morgan fingerprint density at radius 3 is 2.55 bits per heavy atom. The molecule has 1 amide bonds. The maximum atomic E-state index is 12.1. The Morgan fingerprint density at radius 1 is 1.35 bits per heavy atom. The molecule has 0 spiro atoms. The van der Waals surface area contributed by atoms with E-state index in [-0.39, 0.29) is 12.0 Å². The monoisotopic (exact) mass is 279 g/mol. The lowest BCUT2D eigenvalue weighted by molar-refractivity contribution is -0.133. The number of carbonyl (C=O) groups is 1. The number of piperazine rings is 1. The summed E-state index contributed by atoms with van der Waals surface area (Å²) < 4.78 is 5.15. The van der Waals surface area contributed by atoms with Gasteiger partial charge in [-0.25, -0.2) is 9.97 Å². The maximum absolute atomic E-state index is 12.1. The topological polar surface area (TPSA) is 84.6 Å². The number of nitrogens with zero attached hydrogens (tertiary/aromatic N) is 4. The maximum Gasteiger partial charge on any atom is 0.225 e.